The van der Waals surface area contributed by atoms with Crippen LogP contribution in [0.5, 0.6) is 11.5 Å². The number of carboxylic acid groups (broad SMARTS) is 1. The van der Waals surface area contributed by atoms with E-state index in [-0.39, 0.29) is 80.8 Å². The third kappa shape index (κ3) is 19.3. The van der Waals surface area contributed by atoms with Gasteiger partial charge in [-0.15, -0.1) is 0 Å². The summed E-state index contributed by atoms with van der Waals surface area (Å²) in [5.41, 5.74) is 0.204. The van der Waals surface area contributed by atoms with Crippen LogP contribution in [0.4, 0.5) is 13.2 Å². The third-order valence-electron chi connectivity index (χ3n) is 11.2. The molecule has 2 aromatic carbocycles. The Morgan fingerprint density at radius 3 is 1.36 bits per heavy atom. The molecule has 8 amide bonds. The van der Waals surface area contributed by atoms with E-state index in [1.54, 1.807) is 24.3 Å². The van der Waals surface area contributed by atoms with Crippen LogP contribution in [0.2, 0.25) is 0 Å². The number of ether oxygens (including phenoxy) is 5. The maximum Gasteiger partial charge on any atom is 0.446 e. The monoisotopic (exact) mass is 1060 g/mol. The smallest absolute Gasteiger partial charge is 0.446 e. The van der Waals surface area contributed by atoms with Crippen LogP contribution in [-0.2, 0) is 47.8 Å². The fraction of sp³-hybridized carbons (Fsp3) is 0.549. The van der Waals surface area contributed by atoms with E-state index in [0.717, 1.165) is 61.2 Å². The lowest BCUT2D eigenvalue weighted by Crippen LogP contribution is -2.54. The molecule has 4 aliphatic heterocycles. The van der Waals surface area contributed by atoms with Crippen LogP contribution in [0.1, 0.15) is 160 Å². The summed E-state index contributed by atoms with van der Waals surface area (Å²) in [7, 11) is 0. The Morgan fingerprint density at radius 2 is 1.00 bits per heavy atom. The molecule has 3 N–H and O–H groups in total. The number of imide groups is 4. The zero-order valence-electron chi connectivity index (χ0n) is 41.3. The maximum absolute atomic E-state index is 13.0. The van der Waals surface area contributed by atoms with Gasteiger partial charge >= 0.3 is 18.1 Å². The number of hydrogen-bond donors (Lipinski definition) is 3. The summed E-state index contributed by atoms with van der Waals surface area (Å²) in [6, 6.07) is 7.57. The van der Waals surface area contributed by atoms with Crippen molar-refractivity contribution >= 4 is 65.5 Å². The highest BCUT2D eigenvalue weighted by Crippen LogP contribution is 2.35. The predicted octanol–water partition coefficient (Wildman–Crippen LogP) is 5.68. The lowest BCUT2D eigenvalue weighted by Gasteiger charge is -2.27. The van der Waals surface area contributed by atoms with Gasteiger partial charge in [-0.3, -0.25) is 73.2 Å². The van der Waals surface area contributed by atoms with E-state index in [4.69, 9.17) is 33.6 Å². The van der Waals surface area contributed by atoms with Gasteiger partial charge in [-0.2, -0.15) is 13.2 Å². The molecule has 2 fully saturated rings. The molecule has 24 heteroatoms. The van der Waals surface area contributed by atoms with Crippen LogP contribution in [0.3, 0.4) is 0 Å². The van der Waals surface area contributed by atoms with Crippen molar-refractivity contribution in [2.45, 2.75) is 142 Å². The summed E-state index contributed by atoms with van der Waals surface area (Å²) >= 11 is 0. The lowest BCUT2D eigenvalue weighted by atomic mass is 10.0. The van der Waals surface area contributed by atoms with Gasteiger partial charge in [0, 0.05) is 26.1 Å². The minimum absolute atomic E-state index is 0. The average molecular weight is 1060 g/mol. The van der Waals surface area contributed by atoms with Gasteiger partial charge in [0.1, 0.15) is 29.2 Å². The number of carbonyl (C=O) groups excluding carboxylic acids is 10. The molecule has 0 aromatic heterocycles. The van der Waals surface area contributed by atoms with Gasteiger partial charge in [-0.25, -0.2) is 0 Å². The zero-order chi connectivity index (χ0) is 54.6. The van der Waals surface area contributed by atoms with Gasteiger partial charge in [-0.05, 0) is 96.4 Å². The molecule has 2 saturated heterocycles. The molecule has 0 saturated carbocycles. The van der Waals surface area contributed by atoms with Crippen molar-refractivity contribution < 1.29 is 94.7 Å². The summed E-state index contributed by atoms with van der Waals surface area (Å²) in [5, 5.41) is 12.9. The van der Waals surface area contributed by atoms with E-state index in [0.29, 0.717) is 44.5 Å². The molecule has 412 valence electrons. The fourth-order valence-corrected chi connectivity index (χ4v) is 7.80. The molecule has 0 radical (unpaired) electrons. The van der Waals surface area contributed by atoms with Crippen molar-refractivity contribution in [3.8, 4) is 11.5 Å². The van der Waals surface area contributed by atoms with E-state index in [1.807, 2.05) is 20.8 Å². The summed E-state index contributed by atoms with van der Waals surface area (Å²) in [5.74, 6) is -4.95. The number of aliphatic carboxylic acids is 1. The molecule has 4 heterocycles. The third-order valence-corrected chi connectivity index (χ3v) is 11.2. The quantitative estimate of drug-likeness (QED) is 0.0493. The average Bonchev–Trinajstić information content (AvgIpc) is 3.73. The maximum atomic E-state index is 13.0. The molecular weight excluding hydrogens is 998 g/mol. The summed E-state index contributed by atoms with van der Waals surface area (Å²) in [4.78, 5) is 131. The highest BCUT2D eigenvalue weighted by molar-refractivity contribution is 6.25. The highest BCUT2D eigenvalue weighted by Gasteiger charge is 2.47. The Morgan fingerprint density at radius 1 is 0.613 bits per heavy atom. The molecule has 21 nitrogen and oxygen atoms in total. The number of unbranched alkanes of at least 4 members (excludes halogenated alkanes) is 6. The fourth-order valence-electron chi connectivity index (χ4n) is 7.80. The molecule has 2 unspecified atom stereocenters. The number of nitrogens with one attached hydrogen (secondary N) is 2. The van der Waals surface area contributed by atoms with Gasteiger partial charge in [0.05, 0.1) is 61.5 Å². The van der Waals surface area contributed by atoms with E-state index >= 15 is 0 Å². The van der Waals surface area contributed by atoms with Crippen LogP contribution >= 0.6 is 0 Å². The molecule has 0 aliphatic carbocycles. The van der Waals surface area contributed by atoms with Crippen molar-refractivity contribution in [3.63, 3.8) is 0 Å². The second-order valence-electron chi connectivity index (χ2n) is 18.1. The van der Waals surface area contributed by atoms with Gasteiger partial charge < -0.3 is 28.8 Å². The number of alkyl halides is 3. The number of fused-ring (bicyclic) bond motifs is 2. The molecular formula is C51H65F3N4O17. The van der Waals surface area contributed by atoms with Crippen molar-refractivity contribution in [2.24, 2.45) is 0 Å². The second-order valence-corrected chi connectivity index (χ2v) is 18.1. The summed E-state index contributed by atoms with van der Waals surface area (Å²) < 4.78 is 58.8. The Kier molecular flexibility index (Phi) is 24.7. The zero-order valence-corrected chi connectivity index (χ0v) is 41.3. The number of piperidine rings is 2. The Bertz CT molecular complexity index is 2400. The topological polar surface area (TPSA) is 285 Å². The van der Waals surface area contributed by atoms with Crippen molar-refractivity contribution in [1.82, 2.24) is 20.4 Å². The minimum Gasteiger partial charge on any atom is -0.493 e. The van der Waals surface area contributed by atoms with Crippen LogP contribution in [0.25, 0.3) is 0 Å². The van der Waals surface area contributed by atoms with E-state index < -0.39 is 83.4 Å². The van der Waals surface area contributed by atoms with E-state index in [1.165, 1.54) is 12.1 Å². The van der Waals surface area contributed by atoms with Crippen LogP contribution in [0, 0.1) is 0 Å². The number of esters is 1. The number of rotatable bonds is 24. The first kappa shape index (κ1) is 62.2. The SMILES string of the molecule is C.CC(C)(C)OC(=O)CCOCCCCCCOc1cccc2c1C(=O)N(C1CCC(=O)NC1=O)C2=O.O=C(O)CCOCCCCCCOc1cccc2c1C(=O)N(C1CCC(=O)NC1=O)C2=O.O=CC(F)(F)F. The number of benzene rings is 2. The molecule has 4 aliphatic rings. The standard InChI is InChI=1S/C26H34N2O8.C22H26N2O8.C2HF3O.CH4/c1-26(2,3)36-21(30)13-16-34-14-6-4-5-7-15-35-19-10-8-9-17-22(19)25(33)28(24(17)32)18-11-12-20(29)27-23(18)31;25-17-9-8-15(20(28)23-17)24-21(29)14-6-5-7-16(19(14)22(24)30)32-12-4-2-1-3-11-31-13-10-18(26)27;3-2(4,5)1-6;/h8-10,18H,4-7,11-16H2,1-3H3,(H,27,29,31);5-7,15H,1-4,8-13H2,(H,26,27)(H,23,25,28);1H;1H4. The van der Waals surface area contributed by atoms with Gasteiger partial charge in [0.2, 0.25) is 29.9 Å². The van der Waals surface area contributed by atoms with Gasteiger partial charge in [0.15, 0.2) is 0 Å². The number of hydrogen-bond acceptors (Lipinski definition) is 16. The first-order valence-corrected chi connectivity index (χ1v) is 24.1. The lowest BCUT2D eigenvalue weighted by molar-refractivity contribution is -0.156. The van der Waals surface area contributed by atoms with Crippen molar-refractivity contribution in [3.05, 3.63) is 58.7 Å². The minimum atomic E-state index is -4.64. The number of carbonyl (C=O) groups is 11. The number of halogens is 3. The number of nitrogens with zero attached hydrogens (tertiary/aromatic N) is 2. The Labute approximate surface area is 431 Å². The number of amides is 8. The molecule has 0 spiro atoms. The second kappa shape index (κ2) is 29.7. The number of aldehydes is 1. The predicted molar refractivity (Wildman–Crippen MR) is 257 cm³/mol. The highest BCUT2D eigenvalue weighted by atomic mass is 19.4. The normalized spacial score (nSPS) is 17.1. The molecule has 2 aromatic rings. The van der Waals surface area contributed by atoms with E-state index in [9.17, 15) is 61.1 Å². The molecule has 2 atom stereocenters. The largest absolute Gasteiger partial charge is 0.493 e. The summed E-state index contributed by atoms with van der Waals surface area (Å²) in [6.07, 6.45) is 1.59. The van der Waals surface area contributed by atoms with Crippen LogP contribution in [-0.4, -0.2) is 144 Å². The van der Waals surface area contributed by atoms with Gasteiger partial charge in [0.25, 0.3) is 23.6 Å². The molecule has 0 bridgehead atoms. The van der Waals surface area contributed by atoms with Gasteiger partial charge in [-0.1, -0.05) is 32.4 Å². The van der Waals surface area contributed by atoms with Crippen LogP contribution < -0.4 is 20.1 Å². The first-order valence-electron chi connectivity index (χ1n) is 24.1. The molecule has 75 heavy (non-hydrogen) atoms. The molecule has 6 rings (SSSR count). The Balaban J connectivity index is 0.000000354. The first-order chi connectivity index (χ1) is 35.0. The number of carboxylic acids is 1. The Hall–Kier alpha value is -7.08. The van der Waals surface area contributed by atoms with Crippen molar-refractivity contribution in [1.29, 1.82) is 0 Å². The summed E-state index contributed by atoms with van der Waals surface area (Å²) in [6.45, 7) is 7.82. The van der Waals surface area contributed by atoms with Crippen LogP contribution in [0.15, 0.2) is 36.4 Å². The van der Waals surface area contributed by atoms with E-state index in [2.05, 4.69) is 10.6 Å². The van der Waals surface area contributed by atoms with Crippen molar-refractivity contribution in [2.75, 3.05) is 39.6 Å².